The predicted octanol–water partition coefficient (Wildman–Crippen LogP) is 1.87. The lowest BCUT2D eigenvalue weighted by molar-refractivity contribution is 0.194. The van der Waals surface area contributed by atoms with Gasteiger partial charge in [-0.25, -0.2) is 0 Å². The maximum atomic E-state index is 11.2. The molecule has 0 unspecified atom stereocenters. The van der Waals surface area contributed by atoms with Crippen LogP contribution in [-0.2, 0) is 27.1 Å². The molecule has 0 fully saturated rings. The lowest BCUT2D eigenvalue weighted by Crippen LogP contribution is -2.24. The molecule has 3 rings (SSSR count). The van der Waals surface area contributed by atoms with E-state index in [-0.39, 0.29) is 6.10 Å². The molecule has 1 aliphatic rings. The predicted molar refractivity (Wildman–Crippen MR) is 74.8 cm³/mol. The molecule has 1 heterocycles. The third kappa shape index (κ3) is 2.42. The third-order valence-electron chi connectivity index (χ3n) is 3.58. The molecular weight excluding hydrogens is 276 g/mol. The van der Waals surface area contributed by atoms with E-state index in [0.29, 0.717) is 18.4 Å². The van der Waals surface area contributed by atoms with Crippen LogP contribution in [0, 0.1) is 11.3 Å². The molecule has 5 nitrogen and oxygen atoms in total. The van der Waals surface area contributed by atoms with Gasteiger partial charge in [0.15, 0.2) is 0 Å². The Labute approximate surface area is 117 Å². The molecule has 2 aromatic rings. The van der Waals surface area contributed by atoms with Gasteiger partial charge in [-0.15, -0.1) is 0 Å². The highest BCUT2D eigenvalue weighted by Crippen LogP contribution is 2.31. The summed E-state index contributed by atoms with van der Waals surface area (Å²) in [4.78, 5) is 3.34. The van der Waals surface area contributed by atoms with Gasteiger partial charge in [-0.2, -0.15) is 13.7 Å². The summed E-state index contributed by atoms with van der Waals surface area (Å²) in [7, 11) is -3.44. The monoisotopic (exact) mass is 290 g/mol. The average molecular weight is 290 g/mol. The lowest BCUT2D eigenvalue weighted by atomic mass is 9.93. The summed E-state index contributed by atoms with van der Waals surface area (Å²) in [5.41, 5.74) is 3.76. The molecule has 1 aliphatic carbocycles. The minimum atomic E-state index is -3.44. The van der Waals surface area contributed by atoms with Crippen molar-refractivity contribution < 1.29 is 12.6 Å². The second-order valence-corrected chi connectivity index (χ2v) is 6.72. The van der Waals surface area contributed by atoms with E-state index in [1.165, 1.54) is 0 Å². The number of rotatable bonds is 2. The van der Waals surface area contributed by atoms with Crippen LogP contribution in [0.2, 0.25) is 0 Å². The molecular formula is C14H14N2O3S. The molecule has 0 radical (unpaired) electrons. The number of aryl methyl sites for hydroxylation is 1. The standard InChI is InChI=1S/C14H14N2O3S/c1-20(17,18)19-10-3-5-14-12(7-10)11-6-9(8-15)2-4-13(11)16-14/h2,4,6,10,16H,3,5,7H2,1H3/t10-/m0/s1. The van der Waals surface area contributed by atoms with Crippen molar-refractivity contribution in [1.29, 1.82) is 5.26 Å². The highest BCUT2D eigenvalue weighted by atomic mass is 32.2. The first-order chi connectivity index (χ1) is 9.46. The van der Waals surface area contributed by atoms with Gasteiger partial charge in [0.2, 0.25) is 0 Å². The fourth-order valence-electron chi connectivity index (χ4n) is 2.78. The highest BCUT2D eigenvalue weighted by Gasteiger charge is 2.25. The van der Waals surface area contributed by atoms with Crippen molar-refractivity contribution in [2.24, 2.45) is 0 Å². The third-order valence-corrected chi connectivity index (χ3v) is 4.20. The molecule has 0 saturated heterocycles. The Kier molecular flexibility index (Phi) is 3.04. The first-order valence-corrected chi connectivity index (χ1v) is 8.20. The number of aromatic nitrogens is 1. The van der Waals surface area contributed by atoms with Crippen molar-refractivity contribution in [2.45, 2.75) is 25.4 Å². The Hall–Kier alpha value is -1.84. The molecule has 0 aliphatic heterocycles. The van der Waals surface area contributed by atoms with E-state index in [0.717, 1.165) is 34.8 Å². The number of benzene rings is 1. The van der Waals surface area contributed by atoms with Crippen molar-refractivity contribution >= 4 is 21.0 Å². The number of nitrogens with zero attached hydrogens (tertiary/aromatic N) is 1. The van der Waals surface area contributed by atoms with Gasteiger partial charge in [0.1, 0.15) is 0 Å². The van der Waals surface area contributed by atoms with Crippen LogP contribution >= 0.6 is 0 Å². The molecule has 0 spiro atoms. The smallest absolute Gasteiger partial charge is 0.264 e. The van der Waals surface area contributed by atoms with Gasteiger partial charge < -0.3 is 4.98 Å². The Morgan fingerprint density at radius 2 is 2.25 bits per heavy atom. The molecule has 1 atom stereocenters. The van der Waals surface area contributed by atoms with Gasteiger partial charge in [-0.3, -0.25) is 4.18 Å². The number of nitrogens with one attached hydrogen (secondary N) is 1. The normalized spacial score (nSPS) is 18.7. The van der Waals surface area contributed by atoms with E-state index in [1.54, 1.807) is 6.07 Å². The molecule has 6 heteroatoms. The van der Waals surface area contributed by atoms with Crippen molar-refractivity contribution in [1.82, 2.24) is 4.98 Å². The fourth-order valence-corrected chi connectivity index (χ4v) is 3.44. The van der Waals surface area contributed by atoms with E-state index in [9.17, 15) is 8.42 Å². The summed E-state index contributed by atoms with van der Waals surface area (Å²) in [5.74, 6) is 0. The summed E-state index contributed by atoms with van der Waals surface area (Å²) in [6, 6.07) is 7.63. The van der Waals surface area contributed by atoms with Crippen LogP contribution in [0.25, 0.3) is 10.9 Å². The maximum Gasteiger partial charge on any atom is 0.264 e. The zero-order valence-electron chi connectivity index (χ0n) is 11.0. The Balaban J connectivity index is 2.01. The SMILES string of the molecule is CS(=O)(=O)O[C@H]1CCc2[nH]c3ccc(C#N)cc3c2C1. The quantitative estimate of drug-likeness (QED) is 0.856. The molecule has 0 saturated carbocycles. The first kappa shape index (κ1) is 13.2. The van der Waals surface area contributed by atoms with Gasteiger partial charge in [-0.1, -0.05) is 0 Å². The molecule has 104 valence electrons. The van der Waals surface area contributed by atoms with Gasteiger partial charge in [0.25, 0.3) is 10.1 Å². The number of fused-ring (bicyclic) bond motifs is 3. The van der Waals surface area contributed by atoms with Crippen LogP contribution in [0.1, 0.15) is 23.2 Å². The van der Waals surface area contributed by atoms with Gasteiger partial charge in [-0.05, 0) is 36.6 Å². The van der Waals surface area contributed by atoms with E-state index >= 15 is 0 Å². The van der Waals surface area contributed by atoms with Crippen LogP contribution < -0.4 is 0 Å². The van der Waals surface area contributed by atoms with Crippen molar-refractivity contribution in [3.63, 3.8) is 0 Å². The van der Waals surface area contributed by atoms with Crippen LogP contribution in [0.5, 0.6) is 0 Å². The Morgan fingerprint density at radius 1 is 1.45 bits per heavy atom. The second kappa shape index (κ2) is 4.62. The first-order valence-electron chi connectivity index (χ1n) is 6.38. The molecule has 1 aromatic heterocycles. The van der Waals surface area contributed by atoms with Crippen LogP contribution in [0.15, 0.2) is 18.2 Å². The molecule has 1 aromatic carbocycles. The summed E-state index contributed by atoms with van der Waals surface area (Å²) < 4.78 is 27.6. The van der Waals surface area contributed by atoms with Gasteiger partial charge >= 0.3 is 0 Å². The summed E-state index contributed by atoms with van der Waals surface area (Å²) >= 11 is 0. The van der Waals surface area contributed by atoms with Crippen LogP contribution in [0.3, 0.4) is 0 Å². The van der Waals surface area contributed by atoms with Crippen molar-refractivity contribution in [3.8, 4) is 6.07 Å². The maximum absolute atomic E-state index is 11.2. The number of nitriles is 1. The number of H-pyrrole nitrogens is 1. The second-order valence-electron chi connectivity index (χ2n) is 5.12. The molecule has 1 N–H and O–H groups in total. The topological polar surface area (TPSA) is 83.0 Å². The Morgan fingerprint density at radius 3 is 2.95 bits per heavy atom. The largest absolute Gasteiger partial charge is 0.358 e. The van der Waals surface area contributed by atoms with Crippen LogP contribution in [0.4, 0.5) is 0 Å². The van der Waals surface area contributed by atoms with Gasteiger partial charge in [0, 0.05) is 23.0 Å². The van der Waals surface area contributed by atoms with E-state index < -0.39 is 10.1 Å². The minimum Gasteiger partial charge on any atom is -0.358 e. The summed E-state index contributed by atoms with van der Waals surface area (Å²) in [6.07, 6.45) is 2.75. The van der Waals surface area contributed by atoms with Crippen molar-refractivity contribution in [2.75, 3.05) is 6.26 Å². The van der Waals surface area contributed by atoms with Crippen molar-refractivity contribution in [3.05, 3.63) is 35.0 Å². The summed E-state index contributed by atoms with van der Waals surface area (Å²) in [6.45, 7) is 0. The van der Waals surface area contributed by atoms with E-state index in [4.69, 9.17) is 9.44 Å². The summed E-state index contributed by atoms with van der Waals surface area (Å²) in [5, 5.41) is 9.97. The molecule has 0 bridgehead atoms. The molecule has 0 amide bonds. The Bertz CT molecular complexity index is 815. The highest BCUT2D eigenvalue weighted by molar-refractivity contribution is 7.86. The van der Waals surface area contributed by atoms with Crippen LogP contribution in [-0.4, -0.2) is 25.8 Å². The number of hydrogen-bond donors (Lipinski definition) is 1. The van der Waals surface area contributed by atoms with Gasteiger partial charge in [0.05, 0.1) is 24.0 Å². The number of aromatic amines is 1. The molecule has 20 heavy (non-hydrogen) atoms. The minimum absolute atomic E-state index is 0.317. The fraction of sp³-hybridized carbons (Fsp3) is 0.357. The zero-order valence-corrected chi connectivity index (χ0v) is 11.8. The lowest BCUT2D eigenvalue weighted by Gasteiger charge is -2.21. The average Bonchev–Trinajstić information content (AvgIpc) is 2.74. The zero-order chi connectivity index (χ0) is 14.3. The van der Waals surface area contributed by atoms with E-state index in [1.807, 2.05) is 12.1 Å². The number of hydrogen-bond acceptors (Lipinski definition) is 4. The van der Waals surface area contributed by atoms with E-state index in [2.05, 4.69) is 11.1 Å².